The molecule has 0 amide bonds. The van der Waals surface area contributed by atoms with E-state index in [1.54, 1.807) is 0 Å². The lowest BCUT2D eigenvalue weighted by atomic mass is 9.80. The summed E-state index contributed by atoms with van der Waals surface area (Å²) in [7, 11) is 0. The molecule has 0 aliphatic carbocycles. The molecule has 0 saturated carbocycles. The molecule has 0 N–H and O–H groups in total. The zero-order valence-corrected chi connectivity index (χ0v) is 17.0. The lowest BCUT2D eigenvalue weighted by Gasteiger charge is -2.25. The Labute approximate surface area is 174 Å². The van der Waals surface area contributed by atoms with Gasteiger partial charge in [0.1, 0.15) is 5.75 Å². The van der Waals surface area contributed by atoms with Gasteiger partial charge in [0, 0.05) is 25.4 Å². The van der Waals surface area contributed by atoms with Gasteiger partial charge in [-0.3, -0.25) is 0 Å². The van der Waals surface area contributed by atoms with Gasteiger partial charge >= 0.3 is 0 Å². The summed E-state index contributed by atoms with van der Waals surface area (Å²) >= 11 is 0. The number of benzene rings is 3. The summed E-state index contributed by atoms with van der Waals surface area (Å²) < 4.78 is 5.65. The van der Waals surface area contributed by atoms with E-state index in [9.17, 15) is 0 Å². The third kappa shape index (κ3) is 4.09. The van der Waals surface area contributed by atoms with Crippen molar-refractivity contribution in [2.75, 3.05) is 26.2 Å². The monoisotopic (exact) mass is 383 g/mol. The third-order valence-corrected chi connectivity index (χ3v) is 6.57. The maximum absolute atomic E-state index is 5.65. The van der Waals surface area contributed by atoms with Crippen LogP contribution in [0.5, 0.6) is 5.75 Å². The average molecular weight is 384 g/mol. The van der Waals surface area contributed by atoms with Gasteiger partial charge in [0.2, 0.25) is 0 Å². The average Bonchev–Trinajstić information content (AvgIpc) is 3.43. The van der Waals surface area contributed by atoms with Gasteiger partial charge in [0.25, 0.3) is 0 Å². The molecule has 3 aromatic rings. The Morgan fingerprint density at radius 1 is 0.897 bits per heavy atom. The maximum Gasteiger partial charge on any atom is 0.122 e. The summed E-state index contributed by atoms with van der Waals surface area (Å²) in [4.78, 5) is 2.66. The first-order valence-corrected chi connectivity index (χ1v) is 10.9. The van der Waals surface area contributed by atoms with Crippen LogP contribution in [0, 0.1) is 5.92 Å². The minimum atomic E-state index is 0.486. The highest BCUT2D eigenvalue weighted by atomic mass is 16.5. The van der Waals surface area contributed by atoms with Crippen molar-refractivity contribution in [3.05, 3.63) is 101 Å². The van der Waals surface area contributed by atoms with Crippen molar-refractivity contribution in [2.24, 2.45) is 5.92 Å². The maximum atomic E-state index is 5.65. The Kier molecular flexibility index (Phi) is 5.36. The molecule has 148 valence electrons. The first-order valence-electron chi connectivity index (χ1n) is 10.9. The minimum Gasteiger partial charge on any atom is -0.493 e. The number of likely N-dealkylation sites (tertiary alicyclic amines) is 1. The molecule has 1 atom stereocenters. The third-order valence-electron chi connectivity index (χ3n) is 6.57. The first kappa shape index (κ1) is 18.4. The van der Waals surface area contributed by atoms with Crippen LogP contribution in [0.3, 0.4) is 0 Å². The summed E-state index contributed by atoms with van der Waals surface area (Å²) in [6.07, 6.45) is 3.46. The minimum absolute atomic E-state index is 0.486. The van der Waals surface area contributed by atoms with Crippen LogP contribution < -0.4 is 4.74 Å². The molecule has 0 bridgehead atoms. The van der Waals surface area contributed by atoms with Crippen LogP contribution in [0.1, 0.15) is 34.6 Å². The molecule has 5 rings (SSSR count). The van der Waals surface area contributed by atoms with Crippen LogP contribution in [-0.4, -0.2) is 31.1 Å². The van der Waals surface area contributed by atoms with E-state index in [0.29, 0.717) is 11.8 Å². The lowest BCUT2D eigenvalue weighted by Crippen LogP contribution is -2.25. The molecule has 2 aliphatic rings. The molecule has 2 heteroatoms. The SMILES string of the molecule is c1ccc(C(c2ccccc2)[C@@H]2CCN(CCc3ccc4c(c3)CCO4)C2)cc1. The zero-order valence-electron chi connectivity index (χ0n) is 17.0. The van der Waals surface area contributed by atoms with Gasteiger partial charge in [0.05, 0.1) is 6.61 Å². The van der Waals surface area contributed by atoms with Gasteiger partial charge in [-0.15, -0.1) is 0 Å². The van der Waals surface area contributed by atoms with Crippen molar-refractivity contribution in [1.82, 2.24) is 4.90 Å². The Hall–Kier alpha value is -2.58. The normalized spacial score (nSPS) is 18.7. The Morgan fingerprint density at radius 3 is 2.34 bits per heavy atom. The van der Waals surface area contributed by atoms with Crippen LogP contribution in [0.4, 0.5) is 0 Å². The number of rotatable bonds is 6. The van der Waals surface area contributed by atoms with Crippen molar-refractivity contribution < 1.29 is 4.74 Å². The molecule has 2 aliphatic heterocycles. The highest BCUT2D eigenvalue weighted by Gasteiger charge is 2.31. The molecule has 0 unspecified atom stereocenters. The van der Waals surface area contributed by atoms with E-state index in [1.165, 1.54) is 41.8 Å². The van der Waals surface area contributed by atoms with Gasteiger partial charge in [-0.25, -0.2) is 0 Å². The second-order valence-electron chi connectivity index (χ2n) is 8.44. The molecule has 0 spiro atoms. The molecule has 29 heavy (non-hydrogen) atoms. The van der Waals surface area contributed by atoms with Gasteiger partial charge in [0.15, 0.2) is 0 Å². The van der Waals surface area contributed by atoms with E-state index < -0.39 is 0 Å². The number of hydrogen-bond donors (Lipinski definition) is 0. The Bertz CT molecular complexity index is 898. The van der Waals surface area contributed by atoms with Crippen molar-refractivity contribution >= 4 is 0 Å². The first-order chi connectivity index (χ1) is 14.4. The van der Waals surface area contributed by atoms with Gasteiger partial charge in [-0.1, -0.05) is 72.8 Å². The predicted octanol–water partition coefficient (Wildman–Crippen LogP) is 5.32. The van der Waals surface area contributed by atoms with E-state index in [2.05, 4.69) is 83.8 Å². The smallest absolute Gasteiger partial charge is 0.122 e. The van der Waals surface area contributed by atoms with Gasteiger partial charge < -0.3 is 9.64 Å². The highest BCUT2D eigenvalue weighted by Crippen LogP contribution is 2.37. The standard InChI is InChI=1S/C27H29NO/c1-3-7-22(8-4-1)27(23-9-5-2-6-10-23)25-14-17-28(20-25)16-13-21-11-12-26-24(19-21)15-18-29-26/h1-12,19,25,27H,13-18,20H2/t25-/m1/s1. The number of hydrogen-bond acceptors (Lipinski definition) is 2. The summed E-state index contributed by atoms with van der Waals surface area (Å²) in [5.74, 6) is 2.25. The number of fused-ring (bicyclic) bond motifs is 1. The van der Waals surface area contributed by atoms with Crippen molar-refractivity contribution in [3.8, 4) is 5.75 Å². The van der Waals surface area contributed by atoms with E-state index >= 15 is 0 Å². The van der Waals surface area contributed by atoms with Crippen LogP contribution in [0.25, 0.3) is 0 Å². The second-order valence-corrected chi connectivity index (χ2v) is 8.44. The molecule has 0 aromatic heterocycles. The van der Waals surface area contributed by atoms with E-state index in [-0.39, 0.29) is 0 Å². The summed E-state index contributed by atoms with van der Waals surface area (Å²) in [5, 5.41) is 0. The molecule has 1 saturated heterocycles. The summed E-state index contributed by atoms with van der Waals surface area (Å²) in [6, 6.07) is 28.9. The van der Waals surface area contributed by atoms with E-state index in [1.807, 2.05) is 0 Å². The molecule has 2 heterocycles. The van der Waals surface area contributed by atoms with Crippen LogP contribution in [0.2, 0.25) is 0 Å². The van der Waals surface area contributed by atoms with Crippen molar-refractivity contribution in [1.29, 1.82) is 0 Å². The zero-order chi connectivity index (χ0) is 19.5. The lowest BCUT2D eigenvalue weighted by molar-refractivity contribution is 0.322. The molecular formula is C27H29NO. The van der Waals surface area contributed by atoms with Gasteiger partial charge in [-0.2, -0.15) is 0 Å². The van der Waals surface area contributed by atoms with Crippen LogP contribution in [-0.2, 0) is 12.8 Å². The second kappa shape index (κ2) is 8.42. The molecule has 2 nitrogen and oxygen atoms in total. The van der Waals surface area contributed by atoms with Crippen molar-refractivity contribution in [3.63, 3.8) is 0 Å². The molecule has 3 aromatic carbocycles. The summed E-state index contributed by atoms with van der Waals surface area (Å²) in [5.41, 5.74) is 5.73. The fraction of sp³-hybridized carbons (Fsp3) is 0.333. The number of ether oxygens (including phenoxy) is 1. The fourth-order valence-corrected chi connectivity index (χ4v) is 5.08. The van der Waals surface area contributed by atoms with Crippen molar-refractivity contribution in [2.45, 2.75) is 25.2 Å². The molecular weight excluding hydrogens is 354 g/mol. The van der Waals surface area contributed by atoms with Gasteiger partial charge in [-0.05, 0) is 53.6 Å². The topological polar surface area (TPSA) is 12.5 Å². The largest absolute Gasteiger partial charge is 0.493 e. The quantitative estimate of drug-likeness (QED) is 0.571. The highest BCUT2D eigenvalue weighted by molar-refractivity contribution is 5.40. The Morgan fingerprint density at radius 2 is 1.62 bits per heavy atom. The predicted molar refractivity (Wildman–Crippen MR) is 119 cm³/mol. The number of nitrogens with zero attached hydrogens (tertiary/aromatic N) is 1. The molecule has 1 fully saturated rings. The summed E-state index contributed by atoms with van der Waals surface area (Å²) in [6.45, 7) is 4.37. The van der Waals surface area contributed by atoms with E-state index in [4.69, 9.17) is 4.74 Å². The fourth-order valence-electron chi connectivity index (χ4n) is 5.08. The van der Waals surface area contributed by atoms with Crippen LogP contribution >= 0.6 is 0 Å². The Balaban J connectivity index is 1.27. The van der Waals surface area contributed by atoms with E-state index in [0.717, 1.165) is 31.7 Å². The van der Waals surface area contributed by atoms with Crippen LogP contribution in [0.15, 0.2) is 78.9 Å². The molecule has 0 radical (unpaired) electrons.